The van der Waals surface area contributed by atoms with E-state index in [1.165, 1.54) is 0 Å². The van der Waals surface area contributed by atoms with Gasteiger partial charge in [0.15, 0.2) is 11.5 Å². The third-order valence-corrected chi connectivity index (χ3v) is 4.29. The summed E-state index contributed by atoms with van der Waals surface area (Å²) in [5.41, 5.74) is 0.901. The van der Waals surface area contributed by atoms with Crippen molar-refractivity contribution in [3.63, 3.8) is 0 Å². The zero-order chi connectivity index (χ0) is 16.2. The normalized spacial score (nSPS) is 15.9. The predicted molar refractivity (Wildman–Crippen MR) is 90.6 cm³/mol. The van der Waals surface area contributed by atoms with Crippen molar-refractivity contribution in [2.24, 2.45) is 0 Å². The van der Waals surface area contributed by atoms with Crippen molar-refractivity contribution in [2.75, 3.05) is 58.5 Å². The van der Waals surface area contributed by atoms with Gasteiger partial charge in [-0.1, -0.05) is 0 Å². The smallest absolute Gasteiger partial charge is 0.162 e. The zero-order valence-electron chi connectivity index (χ0n) is 13.7. The quantitative estimate of drug-likeness (QED) is 0.899. The van der Waals surface area contributed by atoms with Crippen LogP contribution < -0.4 is 14.4 Å². The Kier molecular flexibility index (Phi) is 4.83. The molecule has 0 unspecified atom stereocenters. The lowest BCUT2D eigenvalue weighted by molar-refractivity contribution is 0.188. The van der Waals surface area contributed by atoms with Crippen LogP contribution in [0, 0.1) is 0 Å². The molecule has 0 radical (unpaired) electrons. The molecule has 0 spiro atoms. The number of rotatable bonds is 5. The molecule has 1 aliphatic rings. The van der Waals surface area contributed by atoms with Crippen LogP contribution in [0.25, 0.3) is 10.9 Å². The van der Waals surface area contributed by atoms with Crippen LogP contribution in [0.3, 0.4) is 0 Å². The topological polar surface area (TPSA) is 58.1 Å². The maximum atomic E-state index is 9.02. The van der Waals surface area contributed by atoms with Crippen molar-refractivity contribution >= 4 is 16.7 Å². The first kappa shape index (κ1) is 15.8. The van der Waals surface area contributed by atoms with Gasteiger partial charge >= 0.3 is 0 Å². The molecule has 3 rings (SSSR count). The lowest BCUT2D eigenvalue weighted by Crippen LogP contribution is -2.47. The van der Waals surface area contributed by atoms with E-state index in [1.807, 2.05) is 12.1 Å². The van der Waals surface area contributed by atoms with Crippen LogP contribution >= 0.6 is 0 Å². The van der Waals surface area contributed by atoms with Gasteiger partial charge in [0.05, 0.1) is 26.3 Å². The third-order valence-electron chi connectivity index (χ3n) is 4.29. The second kappa shape index (κ2) is 7.02. The summed E-state index contributed by atoms with van der Waals surface area (Å²) in [5.74, 6) is 2.39. The molecule has 124 valence electrons. The summed E-state index contributed by atoms with van der Waals surface area (Å²) in [6.07, 6.45) is 0. The summed E-state index contributed by atoms with van der Waals surface area (Å²) < 4.78 is 10.7. The molecular weight excluding hydrogens is 294 g/mol. The van der Waals surface area contributed by atoms with Gasteiger partial charge in [-0.15, -0.1) is 0 Å². The van der Waals surface area contributed by atoms with E-state index in [9.17, 15) is 0 Å². The van der Waals surface area contributed by atoms with Gasteiger partial charge in [0.1, 0.15) is 5.82 Å². The van der Waals surface area contributed by atoms with Crippen LogP contribution in [0.15, 0.2) is 24.3 Å². The maximum absolute atomic E-state index is 9.02. The minimum absolute atomic E-state index is 0.218. The number of β-amino-alcohol motifs (C(OH)–C–C–N with tert-alkyl or cyclic N) is 1. The summed E-state index contributed by atoms with van der Waals surface area (Å²) in [4.78, 5) is 9.33. The first-order valence-corrected chi connectivity index (χ1v) is 7.86. The van der Waals surface area contributed by atoms with E-state index in [1.54, 1.807) is 14.2 Å². The van der Waals surface area contributed by atoms with E-state index in [-0.39, 0.29) is 6.61 Å². The monoisotopic (exact) mass is 317 g/mol. The molecule has 1 saturated heterocycles. The fourth-order valence-corrected chi connectivity index (χ4v) is 2.96. The number of hydrogen-bond donors (Lipinski definition) is 1. The van der Waals surface area contributed by atoms with Gasteiger partial charge in [-0.25, -0.2) is 4.98 Å². The number of anilines is 1. The Hall–Kier alpha value is -2.05. The number of hydrogen-bond acceptors (Lipinski definition) is 6. The van der Waals surface area contributed by atoms with Gasteiger partial charge in [0.2, 0.25) is 0 Å². The molecule has 1 aliphatic heterocycles. The molecule has 2 aromatic rings. The van der Waals surface area contributed by atoms with Crippen LogP contribution in [0.5, 0.6) is 11.5 Å². The lowest BCUT2D eigenvalue weighted by atomic mass is 10.2. The maximum Gasteiger partial charge on any atom is 0.162 e. The molecular formula is C17H23N3O3. The molecule has 1 fully saturated rings. The van der Waals surface area contributed by atoms with Crippen LogP contribution in [0.1, 0.15) is 0 Å². The first-order chi connectivity index (χ1) is 11.2. The van der Waals surface area contributed by atoms with Crippen molar-refractivity contribution in [3.8, 4) is 11.5 Å². The lowest BCUT2D eigenvalue weighted by Gasteiger charge is -2.35. The minimum atomic E-state index is 0.218. The number of aromatic nitrogens is 1. The summed E-state index contributed by atoms with van der Waals surface area (Å²) in [6, 6.07) is 7.99. The molecule has 1 N–H and O–H groups in total. The fraction of sp³-hybridized carbons (Fsp3) is 0.471. The number of methoxy groups -OCH3 is 2. The van der Waals surface area contributed by atoms with Crippen LogP contribution in [0.2, 0.25) is 0 Å². The highest BCUT2D eigenvalue weighted by atomic mass is 16.5. The fourth-order valence-electron chi connectivity index (χ4n) is 2.96. The van der Waals surface area contributed by atoms with Gasteiger partial charge in [-0.05, 0) is 18.2 Å². The van der Waals surface area contributed by atoms with E-state index in [0.29, 0.717) is 11.5 Å². The number of piperazine rings is 1. The standard InChI is InChI=1S/C17H23N3O3/c1-22-15-11-13-3-4-17(18-14(13)12-16(15)23-2)20-7-5-19(6-8-20)9-10-21/h3-4,11-12,21H,5-10H2,1-2H3. The van der Waals surface area contributed by atoms with Gasteiger partial charge in [-0.2, -0.15) is 0 Å². The van der Waals surface area contributed by atoms with Crippen molar-refractivity contribution in [1.82, 2.24) is 9.88 Å². The Morgan fingerprint density at radius 2 is 1.74 bits per heavy atom. The van der Waals surface area contributed by atoms with Gasteiger partial charge < -0.3 is 19.5 Å². The molecule has 1 aromatic heterocycles. The third kappa shape index (κ3) is 3.33. The van der Waals surface area contributed by atoms with E-state index >= 15 is 0 Å². The second-order valence-corrected chi connectivity index (χ2v) is 5.62. The molecule has 2 heterocycles. The zero-order valence-corrected chi connectivity index (χ0v) is 13.7. The number of aliphatic hydroxyl groups excluding tert-OH is 1. The molecule has 0 atom stereocenters. The SMILES string of the molecule is COc1cc2ccc(N3CCN(CCO)CC3)nc2cc1OC. The summed E-state index contributed by atoms with van der Waals surface area (Å²) in [7, 11) is 3.27. The number of aliphatic hydroxyl groups is 1. The van der Waals surface area contributed by atoms with Crippen molar-refractivity contribution in [2.45, 2.75) is 0 Å². The summed E-state index contributed by atoms with van der Waals surface area (Å²) in [6.45, 7) is 4.71. The number of nitrogens with zero attached hydrogens (tertiary/aromatic N) is 3. The highest BCUT2D eigenvalue weighted by Crippen LogP contribution is 2.32. The number of pyridine rings is 1. The highest BCUT2D eigenvalue weighted by Gasteiger charge is 2.18. The summed E-state index contributed by atoms with van der Waals surface area (Å²) >= 11 is 0. The van der Waals surface area contributed by atoms with Gasteiger partial charge in [0, 0.05) is 44.2 Å². The predicted octanol–water partition coefficient (Wildman–Crippen LogP) is 1.37. The van der Waals surface area contributed by atoms with Crippen LogP contribution in [-0.2, 0) is 0 Å². The molecule has 0 bridgehead atoms. The molecule has 0 saturated carbocycles. The minimum Gasteiger partial charge on any atom is -0.493 e. The Morgan fingerprint density at radius 1 is 1.04 bits per heavy atom. The van der Waals surface area contributed by atoms with E-state index in [2.05, 4.69) is 21.9 Å². The average molecular weight is 317 g/mol. The summed E-state index contributed by atoms with van der Waals surface area (Å²) in [5, 5.41) is 10.1. The average Bonchev–Trinajstić information content (AvgIpc) is 2.61. The first-order valence-electron chi connectivity index (χ1n) is 7.86. The molecule has 0 aliphatic carbocycles. The molecule has 23 heavy (non-hydrogen) atoms. The van der Waals surface area contributed by atoms with Gasteiger partial charge in [0.25, 0.3) is 0 Å². The van der Waals surface area contributed by atoms with Gasteiger partial charge in [-0.3, -0.25) is 4.90 Å². The van der Waals surface area contributed by atoms with E-state index in [4.69, 9.17) is 19.6 Å². The molecule has 1 aromatic carbocycles. The molecule has 0 amide bonds. The van der Waals surface area contributed by atoms with Crippen molar-refractivity contribution in [3.05, 3.63) is 24.3 Å². The van der Waals surface area contributed by atoms with Crippen LogP contribution in [-0.4, -0.2) is 68.5 Å². The largest absolute Gasteiger partial charge is 0.493 e. The number of ether oxygens (including phenoxy) is 2. The number of benzene rings is 1. The van der Waals surface area contributed by atoms with Crippen molar-refractivity contribution < 1.29 is 14.6 Å². The van der Waals surface area contributed by atoms with Crippen LogP contribution in [0.4, 0.5) is 5.82 Å². The second-order valence-electron chi connectivity index (χ2n) is 5.62. The Morgan fingerprint density at radius 3 is 2.39 bits per heavy atom. The highest BCUT2D eigenvalue weighted by molar-refractivity contribution is 5.84. The van der Waals surface area contributed by atoms with E-state index < -0.39 is 0 Å². The Balaban J connectivity index is 1.83. The molecule has 6 nitrogen and oxygen atoms in total. The molecule has 6 heteroatoms. The van der Waals surface area contributed by atoms with E-state index in [0.717, 1.165) is 49.4 Å². The van der Waals surface area contributed by atoms with Crippen molar-refractivity contribution in [1.29, 1.82) is 0 Å². The Bertz CT molecular complexity index is 669. The Labute approximate surface area is 136 Å². The number of fused-ring (bicyclic) bond motifs is 1.